The van der Waals surface area contributed by atoms with Gasteiger partial charge in [0.1, 0.15) is 0 Å². The van der Waals surface area contributed by atoms with Crippen molar-refractivity contribution < 1.29 is 13.6 Å². The minimum absolute atomic E-state index is 0.188. The molecule has 1 aromatic rings. The van der Waals surface area contributed by atoms with Gasteiger partial charge < -0.3 is 0 Å². The average molecular weight is 185 g/mol. The summed E-state index contributed by atoms with van der Waals surface area (Å²) >= 11 is 0. The molecule has 1 aliphatic carbocycles. The lowest BCUT2D eigenvalue weighted by Gasteiger charge is -2.04. The van der Waals surface area contributed by atoms with Gasteiger partial charge in [0.05, 0.1) is 5.69 Å². The molecule has 2 rings (SSSR count). The zero-order valence-electron chi connectivity index (χ0n) is 6.84. The molecule has 1 saturated carbocycles. The molecule has 0 heterocycles. The van der Waals surface area contributed by atoms with Crippen LogP contribution in [0, 0.1) is 0 Å². The van der Waals surface area contributed by atoms with Gasteiger partial charge in [0.25, 0.3) is 5.92 Å². The number of nitrogens with one attached hydrogen (secondary N) is 1. The molecule has 70 valence electrons. The molecule has 1 fully saturated rings. The largest absolute Gasteiger partial charge is 0.279 e. The Balaban J connectivity index is 1.82. The van der Waals surface area contributed by atoms with Crippen LogP contribution in [-0.4, -0.2) is 12.0 Å². The predicted octanol–water partition coefficient (Wildman–Crippen LogP) is 2.44. The Labute approximate surface area is 74.5 Å². The first-order valence-electron chi connectivity index (χ1n) is 4.03. The number of hydrogen-bond donors (Lipinski definition) is 1. The van der Waals surface area contributed by atoms with Gasteiger partial charge in [-0.2, -0.15) is 0 Å². The summed E-state index contributed by atoms with van der Waals surface area (Å²) in [6.07, 6.45) is -1.15. The molecular formula is C9H9F2NO. The average Bonchev–Trinajstić information content (AvgIpc) is 2.73. The van der Waals surface area contributed by atoms with Gasteiger partial charge in [-0.15, -0.1) is 0 Å². The lowest BCUT2D eigenvalue weighted by Crippen LogP contribution is -2.09. The summed E-state index contributed by atoms with van der Waals surface area (Å²) < 4.78 is 24.7. The molecule has 0 saturated heterocycles. The second-order valence-corrected chi connectivity index (χ2v) is 3.04. The zero-order valence-corrected chi connectivity index (χ0v) is 6.84. The molecule has 1 aliphatic rings. The van der Waals surface area contributed by atoms with Crippen LogP contribution in [0.1, 0.15) is 6.42 Å². The van der Waals surface area contributed by atoms with E-state index in [9.17, 15) is 8.78 Å². The zero-order chi connectivity index (χ0) is 9.31. The van der Waals surface area contributed by atoms with Gasteiger partial charge in [-0.3, -0.25) is 10.3 Å². The molecule has 0 aliphatic heterocycles. The quantitative estimate of drug-likeness (QED) is 0.730. The smallest absolute Gasteiger partial charge is 0.267 e. The van der Waals surface area contributed by atoms with Gasteiger partial charge >= 0.3 is 0 Å². The van der Waals surface area contributed by atoms with Gasteiger partial charge in [0.15, 0.2) is 6.10 Å². The SMILES string of the molecule is FC1(F)CC1ONc1ccccc1. The van der Waals surface area contributed by atoms with Gasteiger partial charge in [0.2, 0.25) is 0 Å². The first-order valence-corrected chi connectivity index (χ1v) is 4.03. The number of benzene rings is 1. The van der Waals surface area contributed by atoms with E-state index in [1.165, 1.54) is 0 Å². The Bertz CT molecular complexity index is 289. The highest BCUT2D eigenvalue weighted by molar-refractivity contribution is 5.40. The third kappa shape index (κ3) is 1.95. The first-order chi connectivity index (χ1) is 6.18. The Hall–Kier alpha value is -1.16. The van der Waals surface area contributed by atoms with Crippen LogP contribution >= 0.6 is 0 Å². The van der Waals surface area contributed by atoms with Crippen LogP contribution in [0.5, 0.6) is 0 Å². The predicted molar refractivity (Wildman–Crippen MR) is 44.5 cm³/mol. The van der Waals surface area contributed by atoms with Gasteiger partial charge in [-0.25, -0.2) is 8.78 Å². The summed E-state index contributed by atoms with van der Waals surface area (Å²) in [5.41, 5.74) is 3.17. The van der Waals surface area contributed by atoms with E-state index in [1.54, 1.807) is 24.3 Å². The standard InChI is InChI=1S/C9H9F2NO/c10-9(11)6-8(9)13-12-7-4-2-1-3-5-7/h1-5,8,12H,6H2. The third-order valence-electron chi connectivity index (χ3n) is 1.86. The van der Waals surface area contributed by atoms with Crippen molar-refractivity contribution in [2.45, 2.75) is 18.4 Å². The van der Waals surface area contributed by atoms with Crippen molar-refractivity contribution in [3.8, 4) is 0 Å². The summed E-state index contributed by atoms with van der Waals surface area (Å²) in [6.45, 7) is 0. The number of para-hydroxylation sites is 1. The molecule has 0 aromatic heterocycles. The Kier molecular flexibility index (Phi) is 1.92. The topological polar surface area (TPSA) is 21.3 Å². The highest BCUT2D eigenvalue weighted by Gasteiger charge is 2.59. The maximum Gasteiger partial charge on any atom is 0.279 e. The van der Waals surface area contributed by atoms with Crippen molar-refractivity contribution in [2.75, 3.05) is 5.48 Å². The molecule has 2 nitrogen and oxygen atoms in total. The summed E-state index contributed by atoms with van der Waals surface area (Å²) in [5, 5.41) is 0. The summed E-state index contributed by atoms with van der Waals surface area (Å²) in [6, 6.07) is 8.95. The third-order valence-corrected chi connectivity index (χ3v) is 1.86. The van der Waals surface area contributed by atoms with E-state index in [1.807, 2.05) is 6.07 Å². The first kappa shape index (κ1) is 8.44. The van der Waals surface area contributed by atoms with Crippen molar-refractivity contribution in [3.05, 3.63) is 30.3 Å². The monoisotopic (exact) mass is 185 g/mol. The Morgan fingerprint density at radius 2 is 1.92 bits per heavy atom. The van der Waals surface area contributed by atoms with E-state index in [0.29, 0.717) is 5.69 Å². The fourth-order valence-corrected chi connectivity index (χ4v) is 0.962. The van der Waals surface area contributed by atoms with Crippen LogP contribution in [0.25, 0.3) is 0 Å². The Morgan fingerprint density at radius 3 is 2.46 bits per heavy atom. The number of alkyl halides is 2. The number of halogens is 2. The van der Waals surface area contributed by atoms with E-state index < -0.39 is 12.0 Å². The fraction of sp³-hybridized carbons (Fsp3) is 0.333. The second-order valence-electron chi connectivity index (χ2n) is 3.04. The van der Waals surface area contributed by atoms with Crippen LogP contribution in [-0.2, 0) is 4.84 Å². The van der Waals surface area contributed by atoms with Crippen LogP contribution in [0.2, 0.25) is 0 Å². The van der Waals surface area contributed by atoms with Crippen LogP contribution in [0.3, 0.4) is 0 Å². The molecule has 1 aromatic carbocycles. The maximum absolute atomic E-state index is 12.3. The van der Waals surface area contributed by atoms with Gasteiger partial charge in [0, 0.05) is 6.42 Å². The van der Waals surface area contributed by atoms with Crippen LogP contribution in [0.4, 0.5) is 14.5 Å². The van der Waals surface area contributed by atoms with E-state index >= 15 is 0 Å². The Morgan fingerprint density at radius 1 is 1.31 bits per heavy atom. The van der Waals surface area contributed by atoms with Gasteiger partial charge in [-0.05, 0) is 12.1 Å². The molecule has 1 N–H and O–H groups in total. The molecule has 1 unspecified atom stereocenters. The maximum atomic E-state index is 12.3. The number of rotatable bonds is 3. The highest BCUT2D eigenvalue weighted by Crippen LogP contribution is 2.44. The van der Waals surface area contributed by atoms with Crippen LogP contribution in [0.15, 0.2) is 30.3 Å². The lowest BCUT2D eigenvalue weighted by atomic mass is 10.3. The minimum atomic E-state index is -2.64. The molecule has 1 atom stereocenters. The lowest BCUT2D eigenvalue weighted by molar-refractivity contribution is 0.0344. The number of hydrogen-bond acceptors (Lipinski definition) is 2. The summed E-state index contributed by atoms with van der Waals surface area (Å²) in [7, 11) is 0. The van der Waals surface area contributed by atoms with Crippen molar-refractivity contribution >= 4 is 5.69 Å². The van der Waals surface area contributed by atoms with E-state index in [4.69, 9.17) is 4.84 Å². The van der Waals surface area contributed by atoms with Crippen molar-refractivity contribution in [2.24, 2.45) is 0 Å². The van der Waals surface area contributed by atoms with E-state index in [-0.39, 0.29) is 6.42 Å². The highest BCUT2D eigenvalue weighted by atomic mass is 19.3. The minimum Gasteiger partial charge on any atom is -0.267 e. The van der Waals surface area contributed by atoms with Crippen molar-refractivity contribution in [1.82, 2.24) is 0 Å². The summed E-state index contributed by atoms with van der Waals surface area (Å²) in [4.78, 5) is 4.75. The van der Waals surface area contributed by atoms with E-state index in [0.717, 1.165) is 0 Å². The fourth-order valence-electron chi connectivity index (χ4n) is 0.962. The summed E-state index contributed by atoms with van der Waals surface area (Å²) in [5.74, 6) is -2.64. The van der Waals surface area contributed by atoms with Crippen molar-refractivity contribution in [1.29, 1.82) is 0 Å². The molecule has 0 spiro atoms. The molecule has 4 heteroatoms. The molecule has 0 bridgehead atoms. The van der Waals surface area contributed by atoms with E-state index in [2.05, 4.69) is 5.48 Å². The van der Waals surface area contributed by atoms with Crippen molar-refractivity contribution in [3.63, 3.8) is 0 Å². The van der Waals surface area contributed by atoms with Gasteiger partial charge in [-0.1, -0.05) is 18.2 Å². The normalized spacial score (nSPS) is 24.0. The molecule has 0 radical (unpaired) electrons. The molecule has 0 amide bonds. The molecular weight excluding hydrogens is 176 g/mol. The number of anilines is 1. The van der Waals surface area contributed by atoms with Crippen LogP contribution < -0.4 is 5.48 Å². The molecule has 13 heavy (non-hydrogen) atoms. The second kappa shape index (κ2) is 2.96.